The van der Waals surface area contributed by atoms with Crippen molar-refractivity contribution in [1.29, 1.82) is 0 Å². The highest BCUT2D eigenvalue weighted by molar-refractivity contribution is 6.31. The van der Waals surface area contributed by atoms with Crippen molar-refractivity contribution < 1.29 is 9.72 Å². The third kappa shape index (κ3) is 3.20. The van der Waals surface area contributed by atoms with Gasteiger partial charge in [0.05, 0.1) is 4.92 Å². The van der Waals surface area contributed by atoms with Crippen molar-refractivity contribution in [2.45, 2.75) is 13.3 Å². The molecule has 6 heteroatoms. The van der Waals surface area contributed by atoms with Crippen LogP contribution in [0.4, 0.5) is 5.69 Å². The van der Waals surface area contributed by atoms with Crippen LogP contribution in [0.2, 0.25) is 5.02 Å². The predicted molar refractivity (Wildman–Crippen MR) is 60.7 cm³/mol. The van der Waals surface area contributed by atoms with Gasteiger partial charge in [0.15, 0.2) is 0 Å². The molecule has 0 spiro atoms. The Morgan fingerprint density at radius 3 is 2.75 bits per heavy atom. The molecule has 1 amide bonds. The number of nitrogens with zero attached hydrogens (tertiary/aromatic N) is 1. The van der Waals surface area contributed by atoms with E-state index in [4.69, 9.17) is 11.6 Å². The van der Waals surface area contributed by atoms with Crippen molar-refractivity contribution in [3.63, 3.8) is 0 Å². The summed E-state index contributed by atoms with van der Waals surface area (Å²) in [6, 6.07) is 3.81. The molecule has 0 heterocycles. The maximum Gasteiger partial charge on any atom is 0.271 e. The Kier molecular flexibility index (Phi) is 4.25. The molecule has 1 N–H and O–H groups in total. The number of hydrogen-bond acceptors (Lipinski definition) is 3. The Balaban J connectivity index is 2.95. The van der Waals surface area contributed by atoms with Gasteiger partial charge in [-0.25, -0.2) is 0 Å². The Hall–Kier alpha value is -1.62. The van der Waals surface area contributed by atoms with Crippen molar-refractivity contribution in [1.82, 2.24) is 5.32 Å². The molecular weight excluding hydrogens is 232 g/mol. The van der Waals surface area contributed by atoms with Crippen molar-refractivity contribution in [3.8, 4) is 0 Å². The summed E-state index contributed by atoms with van der Waals surface area (Å²) in [5.41, 5.74) is 0.0156. The Bertz CT molecular complexity index is 421. The molecule has 0 aliphatic rings. The van der Waals surface area contributed by atoms with Crippen LogP contribution in [0.1, 0.15) is 23.7 Å². The number of benzene rings is 1. The van der Waals surface area contributed by atoms with Gasteiger partial charge >= 0.3 is 0 Å². The number of hydrogen-bond donors (Lipinski definition) is 1. The summed E-state index contributed by atoms with van der Waals surface area (Å²) in [5, 5.41) is 13.4. The van der Waals surface area contributed by atoms with Crippen molar-refractivity contribution in [2.75, 3.05) is 6.54 Å². The number of nitro groups is 1. The first-order chi connectivity index (χ1) is 7.54. The SMILES string of the molecule is CCCNC(=O)c1cc(Cl)cc([N+](=O)[O-])c1. The average Bonchev–Trinajstić information content (AvgIpc) is 2.24. The van der Waals surface area contributed by atoms with Crippen LogP contribution in [-0.4, -0.2) is 17.4 Å². The fraction of sp³-hybridized carbons (Fsp3) is 0.300. The van der Waals surface area contributed by atoms with Gasteiger partial charge in [0.2, 0.25) is 0 Å². The lowest BCUT2D eigenvalue weighted by molar-refractivity contribution is -0.384. The molecule has 1 aromatic rings. The number of carbonyl (C=O) groups excluding carboxylic acids is 1. The number of nitro benzene ring substituents is 1. The van der Waals surface area contributed by atoms with Gasteiger partial charge in [0.25, 0.3) is 11.6 Å². The van der Waals surface area contributed by atoms with Crippen molar-refractivity contribution >= 4 is 23.2 Å². The van der Waals surface area contributed by atoms with Gasteiger partial charge in [-0.15, -0.1) is 0 Å². The molecular formula is C10H11ClN2O3. The molecule has 0 radical (unpaired) electrons. The first-order valence-electron chi connectivity index (χ1n) is 4.77. The Labute approximate surface area is 97.6 Å². The zero-order valence-electron chi connectivity index (χ0n) is 8.70. The molecule has 0 saturated carbocycles. The van der Waals surface area contributed by atoms with Gasteiger partial charge in [-0.05, 0) is 12.5 Å². The highest BCUT2D eigenvalue weighted by Gasteiger charge is 2.13. The summed E-state index contributed by atoms with van der Waals surface area (Å²) >= 11 is 5.69. The average molecular weight is 243 g/mol. The number of amides is 1. The van der Waals surface area contributed by atoms with E-state index in [0.29, 0.717) is 6.54 Å². The summed E-state index contributed by atoms with van der Waals surface area (Å²) in [5.74, 6) is -0.354. The van der Waals surface area contributed by atoms with Crippen LogP contribution in [-0.2, 0) is 0 Å². The van der Waals surface area contributed by atoms with Crippen LogP contribution in [0.25, 0.3) is 0 Å². The summed E-state index contributed by atoms with van der Waals surface area (Å²) in [6.45, 7) is 2.44. The normalized spacial score (nSPS) is 9.88. The maximum atomic E-state index is 11.5. The van der Waals surface area contributed by atoms with Gasteiger partial charge in [-0.1, -0.05) is 18.5 Å². The maximum absolute atomic E-state index is 11.5. The minimum absolute atomic E-state index is 0.177. The predicted octanol–water partition coefficient (Wildman–Crippen LogP) is 2.39. The van der Waals surface area contributed by atoms with Crippen LogP contribution in [0.5, 0.6) is 0 Å². The van der Waals surface area contributed by atoms with Gasteiger partial charge < -0.3 is 5.32 Å². The van der Waals surface area contributed by atoms with Crippen LogP contribution in [0.15, 0.2) is 18.2 Å². The molecule has 0 aromatic heterocycles. The lowest BCUT2D eigenvalue weighted by Crippen LogP contribution is -2.23. The lowest BCUT2D eigenvalue weighted by atomic mass is 10.2. The van der Waals surface area contributed by atoms with E-state index in [1.807, 2.05) is 6.92 Å². The summed E-state index contributed by atoms with van der Waals surface area (Å²) in [4.78, 5) is 21.5. The molecule has 86 valence electrons. The van der Waals surface area contributed by atoms with E-state index in [1.165, 1.54) is 18.2 Å². The van der Waals surface area contributed by atoms with E-state index in [2.05, 4.69) is 5.32 Å². The minimum atomic E-state index is -0.581. The second kappa shape index (κ2) is 5.46. The van der Waals surface area contributed by atoms with E-state index in [9.17, 15) is 14.9 Å². The molecule has 0 fully saturated rings. The Morgan fingerprint density at radius 1 is 1.50 bits per heavy atom. The quantitative estimate of drug-likeness (QED) is 0.651. The number of rotatable bonds is 4. The van der Waals surface area contributed by atoms with E-state index in [1.54, 1.807) is 0 Å². The fourth-order valence-corrected chi connectivity index (χ4v) is 1.38. The monoisotopic (exact) mass is 242 g/mol. The summed E-state index contributed by atoms with van der Waals surface area (Å²) in [7, 11) is 0. The summed E-state index contributed by atoms with van der Waals surface area (Å²) in [6.07, 6.45) is 0.800. The van der Waals surface area contributed by atoms with E-state index >= 15 is 0 Å². The number of non-ortho nitro benzene ring substituents is 1. The van der Waals surface area contributed by atoms with Crippen LogP contribution in [0, 0.1) is 10.1 Å². The highest BCUT2D eigenvalue weighted by atomic mass is 35.5. The molecule has 5 nitrogen and oxygen atoms in total. The topological polar surface area (TPSA) is 72.2 Å². The highest BCUT2D eigenvalue weighted by Crippen LogP contribution is 2.20. The molecule has 0 atom stereocenters. The van der Waals surface area contributed by atoms with Gasteiger partial charge in [-0.3, -0.25) is 14.9 Å². The van der Waals surface area contributed by atoms with Gasteiger partial charge in [0, 0.05) is 29.3 Å². The number of carbonyl (C=O) groups is 1. The standard InChI is InChI=1S/C10H11ClN2O3/c1-2-3-12-10(14)7-4-8(11)6-9(5-7)13(15)16/h4-6H,2-3H2,1H3,(H,12,14). The summed E-state index contributed by atoms with van der Waals surface area (Å²) < 4.78 is 0. The second-order valence-corrected chi connectivity index (χ2v) is 3.65. The largest absolute Gasteiger partial charge is 0.352 e. The molecule has 16 heavy (non-hydrogen) atoms. The van der Waals surface area contributed by atoms with Crippen LogP contribution < -0.4 is 5.32 Å². The molecule has 1 rings (SSSR count). The van der Waals surface area contributed by atoms with Crippen LogP contribution >= 0.6 is 11.6 Å². The van der Waals surface area contributed by atoms with Crippen molar-refractivity contribution in [3.05, 3.63) is 38.9 Å². The number of halogens is 1. The van der Waals surface area contributed by atoms with Crippen LogP contribution in [0.3, 0.4) is 0 Å². The third-order valence-corrected chi connectivity index (χ3v) is 2.11. The fourth-order valence-electron chi connectivity index (χ4n) is 1.15. The number of nitrogens with one attached hydrogen (secondary N) is 1. The van der Waals surface area contributed by atoms with Gasteiger partial charge in [-0.2, -0.15) is 0 Å². The van der Waals surface area contributed by atoms with E-state index in [0.717, 1.165) is 6.42 Å². The zero-order chi connectivity index (χ0) is 12.1. The van der Waals surface area contributed by atoms with E-state index < -0.39 is 4.92 Å². The second-order valence-electron chi connectivity index (χ2n) is 3.21. The minimum Gasteiger partial charge on any atom is -0.352 e. The molecule has 0 unspecified atom stereocenters. The molecule has 0 aliphatic carbocycles. The van der Waals surface area contributed by atoms with Crippen molar-refractivity contribution in [2.24, 2.45) is 0 Å². The smallest absolute Gasteiger partial charge is 0.271 e. The lowest BCUT2D eigenvalue weighted by Gasteiger charge is -2.03. The third-order valence-electron chi connectivity index (χ3n) is 1.89. The zero-order valence-corrected chi connectivity index (χ0v) is 9.45. The molecule has 0 bridgehead atoms. The first kappa shape index (κ1) is 12.4. The Morgan fingerprint density at radius 2 is 2.19 bits per heavy atom. The molecule has 1 aromatic carbocycles. The molecule has 0 saturated heterocycles. The van der Waals surface area contributed by atoms with E-state index in [-0.39, 0.29) is 22.2 Å². The van der Waals surface area contributed by atoms with Gasteiger partial charge in [0.1, 0.15) is 0 Å². The molecule has 0 aliphatic heterocycles. The first-order valence-corrected chi connectivity index (χ1v) is 5.15.